The molecule has 1 rings (SSSR count). The van der Waals surface area contributed by atoms with Crippen LogP contribution < -0.4 is 11.5 Å². The van der Waals surface area contributed by atoms with Crippen LogP contribution in [-0.2, 0) is 4.79 Å². The van der Waals surface area contributed by atoms with E-state index in [0.29, 0.717) is 31.0 Å². The standard InChI is InChI=1S/C15H31N3O/c1-4-12-5-6-13(8-16)14(7-12)18(9-11(2)3)10-15(17)19/h11-14H,4-10,16H2,1-3H3,(H2,17,19). The minimum absolute atomic E-state index is 0.227. The minimum Gasteiger partial charge on any atom is -0.369 e. The van der Waals surface area contributed by atoms with E-state index in [2.05, 4.69) is 25.7 Å². The smallest absolute Gasteiger partial charge is 0.231 e. The minimum atomic E-state index is -0.227. The number of nitrogens with two attached hydrogens (primary N) is 2. The summed E-state index contributed by atoms with van der Waals surface area (Å²) in [4.78, 5) is 13.6. The zero-order valence-electron chi connectivity index (χ0n) is 12.8. The third-order valence-corrected chi connectivity index (χ3v) is 4.37. The topological polar surface area (TPSA) is 72.3 Å². The molecule has 0 spiro atoms. The van der Waals surface area contributed by atoms with E-state index in [4.69, 9.17) is 11.5 Å². The second-order valence-electron chi connectivity index (χ2n) is 6.44. The lowest BCUT2D eigenvalue weighted by molar-refractivity contribution is -0.120. The average molecular weight is 269 g/mol. The molecule has 1 aliphatic rings. The van der Waals surface area contributed by atoms with Crippen LogP contribution in [0.15, 0.2) is 0 Å². The zero-order chi connectivity index (χ0) is 14.4. The lowest BCUT2D eigenvalue weighted by Crippen LogP contribution is -2.50. The first kappa shape index (κ1) is 16.4. The van der Waals surface area contributed by atoms with Crippen LogP contribution in [0.3, 0.4) is 0 Å². The normalized spacial score (nSPS) is 28.0. The molecule has 0 radical (unpaired) electrons. The Kier molecular flexibility index (Phi) is 6.80. The monoisotopic (exact) mass is 269 g/mol. The molecule has 0 bridgehead atoms. The van der Waals surface area contributed by atoms with Crippen molar-refractivity contribution in [2.45, 2.75) is 52.5 Å². The van der Waals surface area contributed by atoms with Crippen molar-refractivity contribution >= 4 is 5.91 Å². The van der Waals surface area contributed by atoms with Crippen molar-refractivity contribution < 1.29 is 4.79 Å². The average Bonchev–Trinajstić information content (AvgIpc) is 2.36. The lowest BCUT2D eigenvalue weighted by Gasteiger charge is -2.42. The van der Waals surface area contributed by atoms with Crippen LogP contribution in [0.1, 0.15) is 46.5 Å². The van der Waals surface area contributed by atoms with Crippen LogP contribution in [0.2, 0.25) is 0 Å². The van der Waals surface area contributed by atoms with Gasteiger partial charge in [-0.25, -0.2) is 0 Å². The Morgan fingerprint density at radius 2 is 2.05 bits per heavy atom. The molecule has 1 fully saturated rings. The van der Waals surface area contributed by atoms with Crippen molar-refractivity contribution in [3.8, 4) is 0 Å². The molecule has 0 saturated heterocycles. The van der Waals surface area contributed by atoms with E-state index < -0.39 is 0 Å². The molecule has 3 unspecified atom stereocenters. The highest BCUT2D eigenvalue weighted by atomic mass is 16.1. The van der Waals surface area contributed by atoms with E-state index in [1.165, 1.54) is 25.7 Å². The number of hydrogen-bond donors (Lipinski definition) is 2. The predicted octanol–water partition coefficient (Wildman–Crippen LogP) is 1.58. The quantitative estimate of drug-likeness (QED) is 0.737. The molecule has 112 valence electrons. The molecule has 19 heavy (non-hydrogen) atoms. The van der Waals surface area contributed by atoms with Gasteiger partial charge in [-0.15, -0.1) is 0 Å². The fraction of sp³-hybridized carbons (Fsp3) is 0.933. The number of hydrogen-bond acceptors (Lipinski definition) is 3. The fourth-order valence-corrected chi connectivity index (χ4v) is 3.37. The van der Waals surface area contributed by atoms with Crippen LogP contribution in [0, 0.1) is 17.8 Å². The lowest BCUT2D eigenvalue weighted by atomic mass is 9.76. The van der Waals surface area contributed by atoms with Crippen LogP contribution in [0.5, 0.6) is 0 Å². The van der Waals surface area contributed by atoms with Gasteiger partial charge in [-0.05, 0) is 37.1 Å². The van der Waals surface area contributed by atoms with Crippen molar-refractivity contribution in [2.24, 2.45) is 29.2 Å². The highest BCUT2D eigenvalue weighted by molar-refractivity contribution is 5.75. The second-order valence-corrected chi connectivity index (χ2v) is 6.44. The van der Waals surface area contributed by atoms with E-state index in [9.17, 15) is 4.79 Å². The van der Waals surface area contributed by atoms with Gasteiger partial charge in [0.2, 0.25) is 5.91 Å². The van der Waals surface area contributed by atoms with E-state index >= 15 is 0 Å². The van der Waals surface area contributed by atoms with E-state index in [0.717, 1.165) is 12.5 Å². The maximum absolute atomic E-state index is 11.3. The van der Waals surface area contributed by atoms with Gasteiger partial charge in [0.25, 0.3) is 0 Å². The van der Waals surface area contributed by atoms with Gasteiger partial charge in [0.05, 0.1) is 6.54 Å². The third kappa shape index (κ3) is 5.11. The van der Waals surface area contributed by atoms with E-state index in [1.807, 2.05) is 0 Å². The van der Waals surface area contributed by atoms with Gasteiger partial charge in [-0.2, -0.15) is 0 Å². The molecule has 1 aliphatic carbocycles. The Hall–Kier alpha value is -0.610. The summed E-state index contributed by atoms with van der Waals surface area (Å²) in [6, 6.07) is 0.429. The highest BCUT2D eigenvalue weighted by Crippen LogP contribution is 2.33. The van der Waals surface area contributed by atoms with Crippen molar-refractivity contribution in [3.63, 3.8) is 0 Å². The molecular weight excluding hydrogens is 238 g/mol. The number of nitrogens with zero attached hydrogens (tertiary/aromatic N) is 1. The first-order valence-corrected chi connectivity index (χ1v) is 7.70. The molecule has 0 aliphatic heterocycles. The Bertz CT molecular complexity index is 281. The maximum atomic E-state index is 11.3. The van der Waals surface area contributed by atoms with Crippen molar-refractivity contribution in [1.29, 1.82) is 0 Å². The summed E-state index contributed by atoms with van der Waals surface area (Å²) in [5, 5.41) is 0. The van der Waals surface area contributed by atoms with Crippen molar-refractivity contribution in [2.75, 3.05) is 19.6 Å². The van der Waals surface area contributed by atoms with Crippen LogP contribution in [-0.4, -0.2) is 36.5 Å². The summed E-state index contributed by atoms with van der Waals surface area (Å²) in [5.41, 5.74) is 11.4. The molecule has 4 heteroatoms. The fourth-order valence-electron chi connectivity index (χ4n) is 3.37. The summed E-state index contributed by atoms with van der Waals surface area (Å²) >= 11 is 0. The Balaban J connectivity index is 2.78. The number of amides is 1. The molecule has 0 heterocycles. The van der Waals surface area contributed by atoms with E-state index in [-0.39, 0.29) is 5.91 Å². The Morgan fingerprint density at radius 1 is 1.37 bits per heavy atom. The number of primary amides is 1. The van der Waals surface area contributed by atoms with Gasteiger partial charge in [-0.3, -0.25) is 9.69 Å². The third-order valence-electron chi connectivity index (χ3n) is 4.37. The number of rotatable bonds is 7. The summed E-state index contributed by atoms with van der Waals surface area (Å²) < 4.78 is 0. The maximum Gasteiger partial charge on any atom is 0.231 e. The molecule has 0 aromatic heterocycles. The Labute approximate surface area is 117 Å². The molecule has 3 atom stereocenters. The second kappa shape index (κ2) is 7.85. The molecule has 0 aromatic rings. The van der Waals surface area contributed by atoms with Crippen LogP contribution >= 0.6 is 0 Å². The number of carbonyl (C=O) groups excluding carboxylic acids is 1. The Morgan fingerprint density at radius 3 is 2.53 bits per heavy atom. The van der Waals surface area contributed by atoms with Gasteiger partial charge in [0.1, 0.15) is 0 Å². The zero-order valence-corrected chi connectivity index (χ0v) is 12.8. The van der Waals surface area contributed by atoms with Crippen LogP contribution in [0.25, 0.3) is 0 Å². The van der Waals surface area contributed by atoms with Gasteiger partial charge in [0, 0.05) is 12.6 Å². The molecular formula is C15H31N3O. The molecule has 0 aromatic carbocycles. The van der Waals surface area contributed by atoms with Gasteiger partial charge in [0.15, 0.2) is 0 Å². The summed E-state index contributed by atoms with van der Waals surface area (Å²) in [5.74, 6) is 1.60. The first-order valence-electron chi connectivity index (χ1n) is 7.70. The van der Waals surface area contributed by atoms with Crippen LogP contribution in [0.4, 0.5) is 0 Å². The van der Waals surface area contributed by atoms with E-state index in [1.54, 1.807) is 0 Å². The predicted molar refractivity (Wildman–Crippen MR) is 79.6 cm³/mol. The molecule has 1 saturated carbocycles. The molecule has 1 amide bonds. The number of carbonyl (C=O) groups is 1. The SMILES string of the molecule is CCC1CCC(CN)C(N(CC(N)=O)CC(C)C)C1. The molecule has 4 N–H and O–H groups in total. The van der Waals surface area contributed by atoms with Gasteiger partial charge < -0.3 is 11.5 Å². The van der Waals surface area contributed by atoms with Gasteiger partial charge >= 0.3 is 0 Å². The summed E-state index contributed by atoms with van der Waals surface area (Å²) in [7, 11) is 0. The summed E-state index contributed by atoms with van der Waals surface area (Å²) in [6.07, 6.45) is 4.85. The summed E-state index contributed by atoms with van der Waals surface area (Å²) in [6.45, 7) is 8.65. The highest BCUT2D eigenvalue weighted by Gasteiger charge is 2.33. The van der Waals surface area contributed by atoms with Crippen molar-refractivity contribution in [1.82, 2.24) is 4.90 Å². The van der Waals surface area contributed by atoms with Crippen molar-refractivity contribution in [3.05, 3.63) is 0 Å². The largest absolute Gasteiger partial charge is 0.369 e. The first-order chi connectivity index (χ1) is 8.97. The van der Waals surface area contributed by atoms with Gasteiger partial charge in [-0.1, -0.05) is 33.6 Å². The molecule has 4 nitrogen and oxygen atoms in total.